The lowest BCUT2D eigenvalue weighted by Gasteiger charge is -2.39. The second-order valence-electron chi connectivity index (χ2n) is 8.07. The molecule has 2 saturated heterocycles. The minimum Gasteiger partial charge on any atom is -0.493 e. The third-order valence-electron chi connectivity index (χ3n) is 6.20. The summed E-state index contributed by atoms with van der Waals surface area (Å²) in [5, 5.41) is 3.12. The van der Waals surface area contributed by atoms with Crippen LogP contribution in [0.1, 0.15) is 32.1 Å². The Morgan fingerprint density at radius 2 is 1.85 bits per heavy atom. The van der Waals surface area contributed by atoms with Gasteiger partial charge in [-0.2, -0.15) is 0 Å². The highest BCUT2D eigenvalue weighted by Crippen LogP contribution is 2.29. The van der Waals surface area contributed by atoms with E-state index in [-0.39, 0.29) is 12.1 Å². The molecule has 4 rings (SSSR count). The van der Waals surface area contributed by atoms with E-state index in [1.54, 1.807) is 7.11 Å². The third-order valence-corrected chi connectivity index (χ3v) is 6.20. The summed E-state index contributed by atoms with van der Waals surface area (Å²) in [6.45, 7) is 4.39. The molecule has 0 radical (unpaired) electrons. The maximum atomic E-state index is 12.4. The molecule has 1 atom stereocenters. The molecule has 1 aromatic rings. The summed E-state index contributed by atoms with van der Waals surface area (Å²) in [7, 11) is 1.64. The van der Waals surface area contributed by atoms with Crippen LogP contribution in [0.5, 0.6) is 11.5 Å². The molecule has 6 heteroatoms. The Morgan fingerprint density at radius 3 is 2.59 bits per heavy atom. The number of ether oxygens (including phenoxy) is 2. The van der Waals surface area contributed by atoms with Gasteiger partial charge < -0.3 is 24.6 Å². The minimum atomic E-state index is 0.0363. The number of urea groups is 1. The minimum absolute atomic E-state index is 0.0363. The molecule has 2 amide bonds. The molecule has 3 fully saturated rings. The highest BCUT2D eigenvalue weighted by molar-refractivity contribution is 5.75. The summed E-state index contributed by atoms with van der Waals surface area (Å²) < 4.78 is 11.3. The van der Waals surface area contributed by atoms with Gasteiger partial charge in [-0.1, -0.05) is 25.0 Å². The Morgan fingerprint density at radius 1 is 1.11 bits per heavy atom. The van der Waals surface area contributed by atoms with Gasteiger partial charge in [-0.3, -0.25) is 0 Å². The maximum Gasteiger partial charge on any atom is 0.317 e. The number of methoxy groups -OCH3 is 1. The molecule has 148 valence electrons. The van der Waals surface area contributed by atoms with E-state index in [4.69, 9.17) is 9.47 Å². The monoisotopic (exact) mass is 373 g/mol. The van der Waals surface area contributed by atoms with Crippen molar-refractivity contribution in [2.75, 3.05) is 39.8 Å². The highest BCUT2D eigenvalue weighted by atomic mass is 16.5. The lowest BCUT2D eigenvalue weighted by atomic mass is 10.1. The standard InChI is InChI=1S/C21H31N3O3/c1-26-19-8-4-5-9-20(19)27-18-14-24(15-18)21(25)22-12-16-10-11-23(13-16)17-6-2-3-7-17/h4-5,8-9,16-18H,2-3,6-7,10-15H2,1H3,(H,22,25)/t16-/m1/s1. The van der Waals surface area contributed by atoms with Crippen molar-refractivity contribution in [2.24, 2.45) is 5.92 Å². The van der Waals surface area contributed by atoms with E-state index in [2.05, 4.69) is 10.2 Å². The molecule has 3 aliphatic rings. The number of hydrogen-bond acceptors (Lipinski definition) is 4. The number of benzene rings is 1. The van der Waals surface area contributed by atoms with Gasteiger partial charge in [0.05, 0.1) is 20.2 Å². The molecule has 2 heterocycles. The lowest BCUT2D eigenvalue weighted by molar-refractivity contribution is 0.0424. The Hall–Kier alpha value is -1.95. The SMILES string of the molecule is COc1ccccc1OC1CN(C(=O)NC[C@H]2CCN(C3CCCC3)C2)C1. The predicted molar refractivity (Wildman–Crippen MR) is 104 cm³/mol. The first-order chi connectivity index (χ1) is 13.2. The number of nitrogens with one attached hydrogen (secondary N) is 1. The predicted octanol–water partition coefficient (Wildman–Crippen LogP) is 2.73. The summed E-state index contributed by atoms with van der Waals surface area (Å²) in [5.41, 5.74) is 0. The summed E-state index contributed by atoms with van der Waals surface area (Å²) >= 11 is 0. The summed E-state index contributed by atoms with van der Waals surface area (Å²) in [4.78, 5) is 16.8. The Kier molecular flexibility index (Phi) is 5.72. The molecular formula is C21H31N3O3. The highest BCUT2D eigenvalue weighted by Gasteiger charge is 2.34. The topological polar surface area (TPSA) is 54.0 Å². The van der Waals surface area contributed by atoms with Crippen LogP contribution in [0.4, 0.5) is 4.79 Å². The van der Waals surface area contributed by atoms with Crippen LogP contribution < -0.4 is 14.8 Å². The van der Waals surface area contributed by atoms with Gasteiger partial charge in [0.25, 0.3) is 0 Å². The van der Waals surface area contributed by atoms with Gasteiger partial charge in [-0.25, -0.2) is 4.79 Å². The first-order valence-corrected chi connectivity index (χ1v) is 10.3. The smallest absolute Gasteiger partial charge is 0.317 e. The van der Waals surface area contributed by atoms with Crippen molar-refractivity contribution in [3.63, 3.8) is 0 Å². The molecular weight excluding hydrogens is 342 g/mol. The van der Waals surface area contributed by atoms with Gasteiger partial charge in [0.1, 0.15) is 6.10 Å². The number of hydrogen-bond donors (Lipinski definition) is 1. The zero-order chi connectivity index (χ0) is 18.6. The van der Waals surface area contributed by atoms with E-state index in [0.717, 1.165) is 30.6 Å². The first-order valence-electron chi connectivity index (χ1n) is 10.3. The first kappa shape index (κ1) is 18.4. The van der Waals surface area contributed by atoms with Crippen molar-refractivity contribution < 1.29 is 14.3 Å². The summed E-state index contributed by atoms with van der Waals surface area (Å²) in [5.74, 6) is 2.06. The molecule has 0 bridgehead atoms. The number of likely N-dealkylation sites (tertiary alicyclic amines) is 2. The average molecular weight is 373 g/mol. The molecule has 1 aliphatic carbocycles. The quantitative estimate of drug-likeness (QED) is 0.833. The van der Waals surface area contributed by atoms with E-state index in [9.17, 15) is 4.79 Å². The van der Waals surface area contributed by atoms with Crippen molar-refractivity contribution in [1.29, 1.82) is 0 Å². The second-order valence-corrected chi connectivity index (χ2v) is 8.07. The molecule has 0 spiro atoms. The van der Waals surface area contributed by atoms with Crippen LogP contribution in [0.25, 0.3) is 0 Å². The van der Waals surface area contributed by atoms with E-state index in [1.807, 2.05) is 29.2 Å². The number of para-hydroxylation sites is 2. The molecule has 6 nitrogen and oxygen atoms in total. The number of carbonyl (C=O) groups is 1. The average Bonchev–Trinajstić information content (AvgIpc) is 3.34. The molecule has 1 aromatic carbocycles. The lowest BCUT2D eigenvalue weighted by Crippen LogP contribution is -2.59. The number of carbonyl (C=O) groups excluding carboxylic acids is 1. The van der Waals surface area contributed by atoms with Crippen LogP contribution in [0.3, 0.4) is 0 Å². The third kappa shape index (κ3) is 4.32. The van der Waals surface area contributed by atoms with Gasteiger partial charge >= 0.3 is 6.03 Å². The van der Waals surface area contributed by atoms with Crippen LogP contribution in [-0.2, 0) is 0 Å². The fourth-order valence-electron chi connectivity index (χ4n) is 4.55. The van der Waals surface area contributed by atoms with Gasteiger partial charge in [-0.15, -0.1) is 0 Å². The van der Waals surface area contributed by atoms with E-state index < -0.39 is 0 Å². The van der Waals surface area contributed by atoms with Gasteiger partial charge in [0.15, 0.2) is 11.5 Å². The normalized spacial score (nSPS) is 24.0. The Balaban J connectivity index is 1.16. The van der Waals surface area contributed by atoms with Crippen molar-refractivity contribution in [1.82, 2.24) is 15.1 Å². The maximum absolute atomic E-state index is 12.4. The number of nitrogens with zero attached hydrogens (tertiary/aromatic N) is 2. The van der Waals surface area contributed by atoms with Gasteiger partial charge in [-0.05, 0) is 43.9 Å². The van der Waals surface area contributed by atoms with Gasteiger partial charge in [0.2, 0.25) is 0 Å². The molecule has 1 N–H and O–H groups in total. The zero-order valence-corrected chi connectivity index (χ0v) is 16.2. The van der Waals surface area contributed by atoms with E-state index >= 15 is 0 Å². The van der Waals surface area contributed by atoms with E-state index in [1.165, 1.54) is 38.6 Å². The molecule has 0 unspecified atom stereocenters. The van der Waals surface area contributed by atoms with Crippen LogP contribution >= 0.6 is 0 Å². The van der Waals surface area contributed by atoms with Crippen LogP contribution in [-0.4, -0.2) is 67.8 Å². The molecule has 0 aromatic heterocycles. The molecule has 1 saturated carbocycles. The van der Waals surface area contributed by atoms with E-state index in [0.29, 0.717) is 19.0 Å². The Labute approximate surface area is 161 Å². The second kappa shape index (κ2) is 8.38. The number of rotatable bonds is 6. The van der Waals surface area contributed by atoms with Gasteiger partial charge in [0, 0.05) is 19.1 Å². The molecule has 2 aliphatic heterocycles. The largest absolute Gasteiger partial charge is 0.493 e. The van der Waals surface area contributed by atoms with Crippen molar-refractivity contribution in [3.8, 4) is 11.5 Å². The van der Waals surface area contributed by atoms with Crippen LogP contribution in [0.15, 0.2) is 24.3 Å². The van der Waals surface area contributed by atoms with Crippen molar-refractivity contribution in [3.05, 3.63) is 24.3 Å². The fraction of sp³-hybridized carbons (Fsp3) is 0.667. The summed E-state index contributed by atoms with van der Waals surface area (Å²) in [6, 6.07) is 8.47. The van der Waals surface area contributed by atoms with Crippen LogP contribution in [0, 0.1) is 5.92 Å². The van der Waals surface area contributed by atoms with Crippen LogP contribution in [0.2, 0.25) is 0 Å². The summed E-state index contributed by atoms with van der Waals surface area (Å²) in [6.07, 6.45) is 6.74. The number of amides is 2. The van der Waals surface area contributed by atoms with Crippen molar-refractivity contribution >= 4 is 6.03 Å². The Bertz CT molecular complexity index is 641. The fourth-order valence-corrected chi connectivity index (χ4v) is 4.55. The molecule has 27 heavy (non-hydrogen) atoms. The van der Waals surface area contributed by atoms with Crippen molar-refractivity contribution in [2.45, 2.75) is 44.2 Å². The zero-order valence-electron chi connectivity index (χ0n) is 16.2.